The monoisotopic (exact) mass is 542 g/mol. The lowest BCUT2D eigenvalue weighted by Gasteiger charge is -2.36. The van der Waals surface area contributed by atoms with Crippen LogP contribution >= 0.6 is 12.4 Å². The van der Waals surface area contributed by atoms with Crippen LogP contribution in [0.5, 0.6) is 5.75 Å². The second kappa shape index (κ2) is 12.4. The molecule has 3 aromatic rings. The number of aryl methyl sites for hydroxylation is 1. The van der Waals surface area contributed by atoms with Crippen molar-refractivity contribution in [3.63, 3.8) is 0 Å². The van der Waals surface area contributed by atoms with Crippen LogP contribution in [0.25, 0.3) is 0 Å². The molecule has 0 atom stereocenters. The van der Waals surface area contributed by atoms with Crippen LogP contribution in [0.2, 0.25) is 0 Å². The Morgan fingerprint density at radius 3 is 2.41 bits per heavy atom. The van der Waals surface area contributed by atoms with Gasteiger partial charge in [0.05, 0.1) is 18.5 Å². The fraction of sp³-hybridized carbons (Fsp3) is 0.440. The lowest BCUT2D eigenvalue weighted by atomic mass is 10.2. The second-order valence-electron chi connectivity index (χ2n) is 8.81. The lowest BCUT2D eigenvalue weighted by molar-refractivity contribution is -0.153. The number of ether oxygens (including phenoxy) is 1. The van der Waals surface area contributed by atoms with E-state index in [-0.39, 0.29) is 36.0 Å². The maximum atomic E-state index is 12.9. The largest absolute Gasteiger partial charge is 0.482 e. The predicted molar refractivity (Wildman–Crippen MR) is 136 cm³/mol. The van der Waals surface area contributed by atoms with Crippen LogP contribution < -0.4 is 20.9 Å². The number of anilines is 1. The number of nitrogens with zero attached hydrogens (tertiary/aromatic N) is 4. The van der Waals surface area contributed by atoms with Crippen molar-refractivity contribution in [1.82, 2.24) is 14.0 Å². The number of furan rings is 1. The van der Waals surface area contributed by atoms with Crippen molar-refractivity contribution in [1.29, 1.82) is 0 Å². The molecule has 0 N–H and O–H groups in total. The van der Waals surface area contributed by atoms with E-state index in [1.807, 2.05) is 4.90 Å². The number of hydrogen-bond acceptors (Lipinski definition) is 6. The van der Waals surface area contributed by atoms with Gasteiger partial charge in [0, 0.05) is 44.5 Å². The third-order valence-corrected chi connectivity index (χ3v) is 6.14. The van der Waals surface area contributed by atoms with Gasteiger partial charge in [-0.15, -0.1) is 12.4 Å². The molecule has 2 aromatic heterocycles. The first-order chi connectivity index (χ1) is 17.2. The molecule has 37 heavy (non-hydrogen) atoms. The van der Waals surface area contributed by atoms with Crippen molar-refractivity contribution in [3.8, 4) is 5.75 Å². The smallest absolute Gasteiger partial charge is 0.422 e. The minimum atomic E-state index is -4.40. The SMILES string of the molecule is Cc1cn(Cc2ccco2)c(=O)n(CCCN2CCN(c3ccccc3OCC(F)(F)F)CC2)c1=O.Cl. The van der Waals surface area contributed by atoms with Gasteiger partial charge in [0.1, 0.15) is 11.5 Å². The minimum Gasteiger partial charge on any atom is -0.482 e. The van der Waals surface area contributed by atoms with Crippen molar-refractivity contribution in [2.75, 3.05) is 44.2 Å². The number of rotatable bonds is 9. The number of para-hydroxylation sites is 2. The molecule has 0 amide bonds. The van der Waals surface area contributed by atoms with Gasteiger partial charge < -0.3 is 14.1 Å². The predicted octanol–water partition coefficient (Wildman–Crippen LogP) is 3.53. The summed E-state index contributed by atoms with van der Waals surface area (Å²) in [6, 6.07) is 10.3. The molecular formula is C25H30ClF3N4O4. The van der Waals surface area contributed by atoms with Gasteiger partial charge in [0.2, 0.25) is 0 Å². The highest BCUT2D eigenvalue weighted by Gasteiger charge is 2.29. The van der Waals surface area contributed by atoms with Crippen LogP contribution in [-0.4, -0.2) is 59.5 Å². The van der Waals surface area contributed by atoms with Gasteiger partial charge in [0.25, 0.3) is 5.56 Å². The van der Waals surface area contributed by atoms with Crippen LogP contribution in [-0.2, 0) is 13.1 Å². The van der Waals surface area contributed by atoms with Crippen LogP contribution in [0.4, 0.5) is 18.9 Å². The van der Waals surface area contributed by atoms with Crippen LogP contribution in [0, 0.1) is 6.92 Å². The van der Waals surface area contributed by atoms with Gasteiger partial charge in [-0.25, -0.2) is 4.79 Å². The summed E-state index contributed by atoms with van der Waals surface area (Å²) in [6.45, 7) is 4.28. The molecule has 202 valence electrons. The molecule has 0 saturated carbocycles. The Morgan fingerprint density at radius 1 is 1.00 bits per heavy atom. The average Bonchev–Trinajstić information content (AvgIpc) is 3.37. The highest BCUT2D eigenvalue weighted by molar-refractivity contribution is 5.85. The summed E-state index contributed by atoms with van der Waals surface area (Å²) in [4.78, 5) is 29.7. The molecule has 1 aromatic carbocycles. The summed E-state index contributed by atoms with van der Waals surface area (Å²) in [5.74, 6) is 0.845. The van der Waals surface area contributed by atoms with Crippen molar-refractivity contribution in [3.05, 3.63) is 81.0 Å². The van der Waals surface area contributed by atoms with Crippen LogP contribution in [0.1, 0.15) is 17.7 Å². The summed E-state index contributed by atoms with van der Waals surface area (Å²) in [5.41, 5.74) is 0.462. The molecule has 0 aliphatic carbocycles. The maximum absolute atomic E-state index is 12.9. The first-order valence-corrected chi connectivity index (χ1v) is 11.8. The van der Waals surface area contributed by atoms with Gasteiger partial charge in [-0.3, -0.25) is 18.8 Å². The zero-order valence-electron chi connectivity index (χ0n) is 20.4. The number of piperazine rings is 1. The summed E-state index contributed by atoms with van der Waals surface area (Å²) >= 11 is 0. The van der Waals surface area contributed by atoms with Crippen LogP contribution in [0.15, 0.2) is 62.9 Å². The van der Waals surface area contributed by atoms with E-state index in [0.29, 0.717) is 62.7 Å². The Balaban J connectivity index is 0.00000380. The Kier molecular flexibility index (Phi) is 9.50. The zero-order chi connectivity index (χ0) is 25.7. The summed E-state index contributed by atoms with van der Waals surface area (Å²) in [7, 11) is 0. The van der Waals surface area contributed by atoms with E-state index in [1.54, 1.807) is 49.5 Å². The van der Waals surface area contributed by atoms with E-state index in [4.69, 9.17) is 9.15 Å². The second-order valence-corrected chi connectivity index (χ2v) is 8.81. The van der Waals surface area contributed by atoms with Crippen molar-refractivity contribution in [2.45, 2.75) is 32.6 Å². The van der Waals surface area contributed by atoms with E-state index in [9.17, 15) is 22.8 Å². The molecule has 0 spiro atoms. The molecule has 12 heteroatoms. The van der Waals surface area contributed by atoms with E-state index in [1.165, 1.54) is 15.4 Å². The molecule has 1 aliphatic rings. The number of halogens is 4. The maximum Gasteiger partial charge on any atom is 0.422 e. The van der Waals surface area contributed by atoms with Gasteiger partial charge in [0.15, 0.2) is 6.61 Å². The third-order valence-electron chi connectivity index (χ3n) is 6.14. The number of benzene rings is 1. The number of alkyl halides is 3. The summed E-state index contributed by atoms with van der Waals surface area (Å²) in [5, 5.41) is 0. The fourth-order valence-corrected chi connectivity index (χ4v) is 4.34. The van der Waals surface area contributed by atoms with Gasteiger partial charge >= 0.3 is 11.9 Å². The number of aromatic nitrogens is 2. The molecule has 1 aliphatic heterocycles. The Morgan fingerprint density at radius 2 is 1.73 bits per heavy atom. The lowest BCUT2D eigenvalue weighted by Crippen LogP contribution is -2.47. The standard InChI is InChI=1S/C25H29F3N4O4.ClH/c1-19-16-31(17-20-6-4-15-35-20)24(34)32(23(19)33)10-5-9-29-11-13-30(14-12-29)21-7-2-3-8-22(21)36-18-25(26,27)28;/h2-4,6-8,15-16H,5,9-14,17-18H2,1H3;1H. The number of hydrogen-bond donors (Lipinski definition) is 0. The van der Waals surface area contributed by atoms with Crippen molar-refractivity contribution in [2.24, 2.45) is 0 Å². The molecule has 8 nitrogen and oxygen atoms in total. The molecule has 0 unspecified atom stereocenters. The van der Waals surface area contributed by atoms with E-state index >= 15 is 0 Å². The van der Waals surface area contributed by atoms with Gasteiger partial charge in [-0.05, 0) is 44.2 Å². The molecule has 1 fully saturated rings. The minimum absolute atomic E-state index is 0. The van der Waals surface area contributed by atoms with E-state index in [0.717, 1.165) is 0 Å². The summed E-state index contributed by atoms with van der Waals surface area (Å²) in [6.07, 6.45) is -0.686. The first kappa shape index (κ1) is 28.4. The zero-order valence-corrected chi connectivity index (χ0v) is 21.3. The summed E-state index contributed by atoms with van der Waals surface area (Å²) < 4.78 is 50.9. The van der Waals surface area contributed by atoms with Crippen molar-refractivity contribution < 1.29 is 22.3 Å². The third kappa shape index (κ3) is 7.42. The highest BCUT2D eigenvalue weighted by Crippen LogP contribution is 2.30. The quantitative estimate of drug-likeness (QED) is 0.412. The normalized spacial score (nSPS) is 14.4. The van der Waals surface area contributed by atoms with Crippen molar-refractivity contribution >= 4 is 18.1 Å². The van der Waals surface area contributed by atoms with Gasteiger partial charge in [-0.2, -0.15) is 13.2 Å². The van der Waals surface area contributed by atoms with E-state index in [2.05, 4.69) is 4.90 Å². The molecule has 3 heterocycles. The Hall–Kier alpha value is -3.18. The average molecular weight is 543 g/mol. The molecule has 1 saturated heterocycles. The molecule has 0 radical (unpaired) electrons. The first-order valence-electron chi connectivity index (χ1n) is 11.8. The van der Waals surface area contributed by atoms with Gasteiger partial charge in [-0.1, -0.05) is 12.1 Å². The van der Waals surface area contributed by atoms with Crippen LogP contribution in [0.3, 0.4) is 0 Å². The molecular weight excluding hydrogens is 513 g/mol. The van der Waals surface area contributed by atoms with E-state index < -0.39 is 12.8 Å². The Labute approximate surface area is 218 Å². The highest BCUT2D eigenvalue weighted by atomic mass is 35.5. The fourth-order valence-electron chi connectivity index (χ4n) is 4.34. The Bertz CT molecular complexity index is 1270. The topological polar surface area (TPSA) is 72.8 Å². The molecule has 4 rings (SSSR count). The molecule has 0 bridgehead atoms.